The van der Waals surface area contributed by atoms with Gasteiger partial charge in [0.15, 0.2) is 0 Å². The van der Waals surface area contributed by atoms with E-state index in [4.69, 9.17) is 4.98 Å². The lowest BCUT2D eigenvalue weighted by Gasteiger charge is -2.30. The molecule has 0 radical (unpaired) electrons. The van der Waals surface area contributed by atoms with Crippen LogP contribution in [0.15, 0.2) is 36.5 Å². The van der Waals surface area contributed by atoms with Gasteiger partial charge in [-0.25, -0.2) is 9.66 Å². The molecule has 4 rings (SSSR count). The summed E-state index contributed by atoms with van der Waals surface area (Å²) in [6.07, 6.45) is 2.94. The zero-order valence-electron chi connectivity index (χ0n) is 14.9. The summed E-state index contributed by atoms with van der Waals surface area (Å²) < 4.78 is 2.06. The average Bonchev–Trinajstić information content (AvgIpc) is 3.00. The summed E-state index contributed by atoms with van der Waals surface area (Å²) >= 11 is 0. The van der Waals surface area contributed by atoms with Crippen LogP contribution in [0, 0.1) is 0 Å². The smallest absolute Gasteiger partial charge is 0.149 e. The molecule has 3 heterocycles. The van der Waals surface area contributed by atoms with E-state index < -0.39 is 0 Å². The van der Waals surface area contributed by atoms with Crippen LogP contribution in [-0.2, 0) is 13.0 Å². The second-order valence-corrected chi connectivity index (χ2v) is 6.25. The molecule has 0 aliphatic carbocycles. The van der Waals surface area contributed by atoms with Gasteiger partial charge in [-0.15, -0.1) is 0 Å². The first-order valence-electron chi connectivity index (χ1n) is 8.67. The summed E-state index contributed by atoms with van der Waals surface area (Å²) in [5.41, 5.74) is 8.27. The molecule has 1 aliphatic heterocycles. The Kier molecular flexibility index (Phi) is 3.87. The second-order valence-electron chi connectivity index (χ2n) is 6.25. The van der Waals surface area contributed by atoms with E-state index in [0.717, 1.165) is 47.7 Å². The van der Waals surface area contributed by atoms with E-state index in [1.165, 1.54) is 11.1 Å². The van der Waals surface area contributed by atoms with Gasteiger partial charge in [0.05, 0.1) is 16.6 Å². The van der Waals surface area contributed by atoms with E-state index in [1.54, 1.807) is 0 Å². The van der Waals surface area contributed by atoms with Gasteiger partial charge in [-0.2, -0.15) is 0 Å². The monoisotopic (exact) mass is 336 g/mol. The van der Waals surface area contributed by atoms with E-state index in [1.807, 2.05) is 27.3 Å². The quantitative estimate of drug-likeness (QED) is 0.684. The highest BCUT2D eigenvalue weighted by Crippen LogP contribution is 2.40. The minimum atomic E-state index is 0.894. The van der Waals surface area contributed by atoms with Gasteiger partial charge in [-0.05, 0) is 23.6 Å². The number of benzene rings is 1. The fraction of sp³-hybridized carbons (Fsp3) is 0.316. The fourth-order valence-electron chi connectivity index (χ4n) is 3.85. The van der Waals surface area contributed by atoms with Crippen molar-refractivity contribution < 1.29 is 0 Å². The Morgan fingerprint density at radius 1 is 1.00 bits per heavy atom. The number of nitrogens with one attached hydrogen (secondary N) is 3. The first-order chi connectivity index (χ1) is 12.3. The summed E-state index contributed by atoms with van der Waals surface area (Å²) in [6.45, 7) is 1.87. The minimum absolute atomic E-state index is 0.894. The van der Waals surface area contributed by atoms with Crippen LogP contribution in [0.3, 0.4) is 0 Å². The summed E-state index contributed by atoms with van der Waals surface area (Å²) in [5, 5.41) is 7.79. The Morgan fingerprint density at radius 2 is 1.80 bits per heavy atom. The van der Waals surface area contributed by atoms with Crippen molar-refractivity contribution in [1.82, 2.24) is 9.66 Å². The van der Waals surface area contributed by atoms with Crippen LogP contribution in [0.5, 0.6) is 0 Å². The van der Waals surface area contributed by atoms with E-state index in [0.29, 0.717) is 0 Å². The van der Waals surface area contributed by atoms with Crippen molar-refractivity contribution >= 4 is 28.2 Å². The summed E-state index contributed by atoms with van der Waals surface area (Å²) in [4.78, 5) is 7.13. The number of aromatic nitrogens is 2. The highest BCUT2D eigenvalue weighted by molar-refractivity contribution is 6.07. The SMILES string of the molecule is CNc1c(NC)n(NC)c2ccnc(N3CCc4ccccc4C3)c12. The number of nitrogens with zero attached hydrogens (tertiary/aromatic N) is 3. The molecule has 0 atom stereocenters. The Balaban J connectivity index is 1.87. The van der Waals surface area contributed by atoms with Gasteiger partial charge in [-0.3, -0.25) is 0 Å². The van der Waals surface area contributed by atoms with Gasteiger partial charge >= 0.3 is 0 Å². The summed E-state index contributed by atoms with van der Waals surface area (Å²) in [7, 11) is 5.82. The lowest BCUT2D eigenvalue weighted by atomic mass is 10.00. The van der Waals surface area contributed by atoms with Crippen LogP contribution in [0.1, 0.15) is 11.1 Å². The first kappa shape index (κ1) is 15.6. The average molecular weight is 336 g/mol. The van der Waals surface area contributed by atoms with E-state index in [-0.39, 0.29) is 0 Å². The predicted octanol–water partition coefficient (Wildman–Crippen LogP) is 2.86. The molecular formula is C19H24N6. The van der Waals surface area contributed by atoms with Gasteiger partial charge in [0.25, 0.3) is 0 Å². The Labute approximate surface area is 147 Å². The van der Waals surface area contributed by atoms with Crippen LogP contribution in [0.25, 0.3) is 10.9 Å². The molecule has 6 heteroatoms. The van der Waals surface area contributed by atoms with Crippen LogP contribution in [0.4, 0.5) is 17.3 Å². The fourth-order valence-corrected chi connectivity index (χ4v) is 3.85. The molecule has 0 amide bonds. The normalized spacial score (nSPS) is 13.6. The van der Waals surface area contributed by atoms with E-state index in [9.17, 15) is 0 Å². The zero-order chi connectivity index (χ0) is 17.4. The van der Waals surface area contributed by atoms with Gasteiger partial charge < -0.3 is 21.0 Å². The maximum atomic E-state index is 4.75. The third-order valence-corrected chi connectivity index (χ3v) is 5.00. The molecule has 130 valence electrons. The minimum Gasteiger partial charge on any atom is -0.384 e. The Bertz CT molecular complexity index is 914. The number of pyridine rings is 1. The Morgan fingerprint density at radius 3 is 2.52 bits per heavy atom. The molecule has 25 heavy (non-hydrogen) atoms. The van der Waals surface area contributed by atoms with Crippen molar-refractivity contribution in [2.45, 2.75) is 13.0 Å². The van der Waals surface area contributed by atoms with Crippen molar-refractivity contribution in [2.75, 3.05) is 48.6 Å². The molecular weight excluding hydrogens is 312 g/mol. The standard InChI is InChI=1S/C19H24N6/c1-20-17-16-15(25(22-3)19(17)21-2)8-10-23-18(16)24-11-9-13-6-4-5-7-14(13)12-24/h4-8,10,20-22H,9,11-12H2,1-3H3. The number of rotatable bonds is 4. The lowest BCUT2D eigenvalue weighted by Crippen LogP contribution is -2.31. The molecule has 2 aromatic heterocycles. The van der Waals surface area contributed by atoms with Crippen molar-refractivity contribution in [2.24, 2.45) is 0 Å². The highest BCUT2D eigenvalue weighted by atomic mass is 15.4. The maximum Gasteiger partial charge on any atom is 0.149 e. The van der Waals surface area contributed by atoms with Crippen molar-refractivity contribution in [3.8, 4) is 0 Å². The van der Waals surface area contributed by atoms with Crippen LogP contribution in [-0.4, -0.2) is 37.3 Å². The van der Waals surface area contributed by atoms with Crippen LogP contribution < -0.4 is 21.0 Å². The van der Waals surface area contributed by atoms with Gasteiger partial charge in [-0.1, -0.05) is 24.3 Å². The molecule has 0 unspecified atom stereocenters. The molecule has 0 fully saturated rings. The Hall–Kier alpha value is -2.89. The lowest BCUT2D eigenvalue weighted by molar-refractivity contribution is 0.724. The van der Waals surface area contributed by atoms with E-state index in [2.05, 4.69) is 56.0 Å². The molecule has 0 bridgehead atoms. The van der Waals surface area contributed by atoms with Gasteiger partial charge in [0.2, 0.25) is 0 Å². The van der Waals surface area contributed by atoms with Crippen molar-refractivity contribution in [3.63, 3.8) is 0 Å². The zero-order valence-corrected chi connectivity index (χ0v) is 14.9. The first-order valence-corrected chi connectivity index (χ1v) is 8.67. The molecule has 1 aromatic carbocycles. The largest absolute Gasteiger partial charge is 0.384 e. The van der Waals surface area contributed by atoms with Crippen LogP contribution >= 0.6 is 0 Å². The van der Waals surface area contributed by atoms with Crippen molar-refractivity contribution in [3.05, 3.63) is 47.7 Å². The maximum absolute atomic E-state index is 4.75. The summed E-state index contributed by atoms with van der Waals surface area (Å²) in [5.74, 6) is 2.04. The topological polar surface area (TPSA) is 57.1 Å². The number of fused-ring (bicyclic) bond motifs is 2. The molecule has 1 aliphatic rings. The summed E-state index contributed by atoms with van der Waals surface area (Å²) in [6, 6.07) is 10.7. The van der Waals surface area contributed by atoms with Gasteiger partial charge in [0.1, 0.15) is 11.6 Å². The number of hydrogen-bond donors (Lipinski definition) is 3. The second kappa shape index (κ2) is 6.20. The highest BCUT2D eigenvalue weighted by Gasteiger charge is 2.24. The van der Waals surface area contributed by atoms with Gasteiger partial charge in [0, 0.05) is 40.4 Å². The molecule has 3 aromatic rings. The third-order valence-electron chi connectivity index (χ3n) is 5.00. The third kappa shape index (κ3) is 2.36. The molecule has 6 nitrogen and oxygen atoms in total. The molecule has 3 N–H and O–H groups in total. The van der Waals surface area contributed by atoms with Crippen LogP contribution in [0.2, 0.25) is 0 Å². The molecule has 0 spiro atoms. The molecule has 0 saturated carbocycles. The molecule has 0 saturated heterocycles. The van der Waals surface area contributed by atoms with Crippen molar-refractivity contribution in [1.29, 1.82) is 0 Å². The number of hydrogen-bond acceptors (Lipinski definition) is 5. The van der Waals surface area contributed by atoms with E-state index >= 15 is 0 Å². The predicted molar refractivity (Wildman–Crippen MR) is 105 cm³/mol. The number of anilines is 3.